The Kier molecular flexibility index (Phi) is 2.97. The summed E-state index contributed by atoms with van der Waals surface area (Å²) in [6, 6.07) is 6.89. The van der Waals surface area contributed by atoms with Crippen molar-refractivity contribution < 1.29 is 4.79 Å². The predicted molar refractivity (Wildman–Crippen MR) is 75.7 cm³/mol. The quantitative estimate of drug-likeness (QED) is 0.858. The smallest absolute Gasteiger partial charge is 0.271 e. The molecule has 0 spiro atoms. The van der Waals surface area contributed by atoms with Gasteiger partial charge in [-0.25, -0.2) is 0 Å². The molecule has 3 heterocycles. The van der Waals surface area contributed by atoms with Crippen molar-refractivity contribution >= 4 is 5.91 Å². The molecule has 0 radical (unpaired) electrons. The molecule has 0 bridgehead atoms. The van der Waals surface area contributed by atoms with E-state index in [1.54, 1.807) is 11.8 Å². The molecule has 104 valence electrons. The van der Waals surface area contributed by atoms with Gasteiger partial charge in [-0.05, 0) is 26.0 Å². The second kappa shape index (κ2) is 4.67. The lowest BCUT2D eigenvalue weighted by atomic mass is 10.1. The molecule has 1 N–H and O–H groups in total. The number of aromatic amines is 1. The van der Waals surface area contributed by atoms with Gasteiger partial charge in [0, 0.05) is 42.8 Å². The zero-order valence-electron chi connectivity index (χ0n) is 11.6. The highest BCUT2D eigenvalue weighted by Crippen LogP contribution is 2.26. The molecule has 1 atom stereocenters. The summed E-state index contributed by atoms with van der Waals surface area (Å²) >= 11 is 0. The number of aromatic nitrogens is 2. The first-order valence-electron chi connectivity index (χ1n) is 6.73. The first-order valence-corrected chi connectivity index (χ1v) is 6.73. The summed E-state index contributed by atoms with van der Waals surface area (Å²) in [6.45, 7) is 5.23. The number of carbonyl (C=O) groups is 1. The summed E-state index contributed by atoms with van der Waals surface area (Å²) in [6.07, 6.45) is 2.03. The molecular weight excluding hydrogens is 254 g/mol. The van der Waals surface area contributed by atoms with Crippen LogP contribution < -0.4 is 5.43 Å². The summed E-state index contributed by atoms with van der Waals surface area (Å²) in [5.41, 5.74) is 2.05. The van der Waals surface area contributed by atoms with E-state index in [0.29, 0.717) is 17.9 Å². The van der Waals surface area contributed by atoms with E-state index in [0.717, 1.165) is 12.2 Å². The van der Waals surface area contributed by atoms with Crippen molar-refractivity contribution in [2.45, 2.75) is 26.4 Å². The van der Waals surface area contributed by atoms with E-state index < -0.39 is 0 Å². The number of H-pyrrole nitrogens is 1. The van der Waals surface area contributed by atoms with Gasteiger partial charge in [-0.1, -0.05) is 0 Å². The van der Waals surface area contributed by atoms with Crippen LogP contribution in [0.3, 0.4) is 0 Å². The Morgan fingerprint density at radius 3 is 2.90 bits per heavy atom. The SMILES string of the molecule is Cc1cc(=O)cc(C(=O)N2CCn3cccc3[C@@H]2C)[nH]1. The van der Waals surface area contributed by atoms with Gasteiger partial charge >= 0.3 is 0 Å². The third-order valence-corrected chi connectivity index (χ3v) is 3.81. The Morgan fingerprint density at radius 1 is 1.35 bits per heavy atom. The molecule has 5 nitrogen and oxygen atoms in total. The molecule has 0 aliphatic carbocycles. The van der Waals surface area contributed by atoms with Crippen LogP contribution in [0.2, 0.25) is 0 Å². The lowest BCUT2D eigenvalue weighted by Gasteiger charge is -2.34. The predicted octanol–water partition coefficient (Wildman–Crippen LogP) is 1.70. The van der Waals surface area contributed by atoms with Crippen molar-refractivity contribution in [1.29, 1.82) is 0 Å². The molecule has 0 aromatic carbocycles. The summed E-state index contributed by atoms with van der Waals surface area (Å²) in [4.78, 5) is 28.9. The molecule has 3 rings (SSSR count). The van der Waals surface area contributed by atoms with E-state index >= 15 is 0 Å². The van der Waals surface area contributed by atoms with Gasteiger partial charge in [0.05, 0.1) is 6.04 Å². The second-order valence-corrected chi connectivity index (χ2v) is 5.21. The van der Waals surface area contributed by atoms with Gasteiger partial charge in [-0.15, -0.1) is 0 Å². The fourth-order valence-electron chi connectivity index (χ4n) is 2.81. The molecule has 2 aromatic heterocycles. The number of fused-ring (bicyclic) bond motifs is 1. The number of carbonyl (C=O) groups excluding carboxylic acids is 1. The molecule has 1 aliphatic heterocycles. The third-order valence-electron chi connectivity index (χ3n) is 3.81. The molecule has 5 heteroatoms. The van der Waals surface area contributed by atoms with Crippen molar-refractivity contribution in [1.82, 2.24) is 14.5 Å². The summed E-state index contributed by atoms with van der Waals surface area (Å²) in [5, 5.41) is 0. The van der Waals surface area contributed by atoms with E-state index in [9.17, 15) is 9.59 Å². The maximum atomic E-state index is 12.6. The standard InChI is InChI=1S/C15H17N3O2/c1-10-8-12(19)9-13(16-10)15(20)18-7-6-17-5-3-4-14(17)11(18)2/h3-5,8-9,11H,6-7H2,1-2H3,(H,16,19)/t11-/m0/s1. The van der Waals surface area contributed by atoms with Gasteiger partial charge in [-0.2, -0.15) is 0 Å². The normalized spacial score (nSPS) is 17.9. The van der Waals surface area contributed by atoms with Crippen molar-refractivity contribution in [3.63, 3.8) is 0 Å². The molecule has 20 heavy (non-hydrogen) atoms. The van der Waals surface area contributed by atoms with Gasteiger partial charge in [0.15, 0.2) is 5.43 Å². The van der Waals surface area contributed by atoms with Gasteiger partial charge in [0.2, 0.25) is 0 Å². The van der Waals surface area contributed by atoms with Gasteiger partial charge < -0.3 is 14.5 Å². The maximum Gasteiger partial charge on any atom is 0.271 e. The number of nitrogens with zero attached hydrogens (tertiary/aromatic N) is 2. The Balaban J connectivity index is 1.94. The maximum absolute atomic E-state index is 12.6. The topological polar surface area (TPSA) is 58.1 Å². The molecule has 1 amide bonds. The number of pyridine rings is 1. The highest BCUT2D eigenvalue weighted by atomic mass is 16.2. The minimum Gasteiger partial charge on any atom is -0.354 e. The first-order chi connectivity index (χ1) is 9.56. The fraction of sp³-hybridized carbons (Fsp3) is 0.333. The number of nitrogens with one attached hydrogen (secondary N) is 1. The molecular formula is C15H17N3O2. The van der Waals surface area contributed by atoms with Crippen LogP contribution in [0.5, 0.6) is 0 Å². The Labute approximate surface area is 116 Å². The zero-order chi connectivity index (χ0) is 14.3. The van der Waals surface area contributed by atoms with Crippen LogP contribution in [0, 0.1) is 6.92 Å². The summed E-state index contributed by atoms with van der Waals surface area (Å²) in [5.74, 6) is -0.120. The first kappa shape index (κ1) is 12.7. The largest absolute Gasteiger partial charge is 0.354 e. The number of hydrogen-bond acceptors (Lipinski definition) is 2. The average molecular weight is 271 g/mol. The molecule has 2 aromatic rings. The second-order valence-electron chi connectivity index (χ2n) is 5.21. The minimum atomic E-state index is -0.141. The minimum absolute atomic E-state index is 0.00950. The van der Waals surface area contributed by atoms with E-state index in [-0.39, 0.29) is 17.4 Å². The van der Waals surface area contributed by atoms with Crippen LogP contribution >= 0.6 is 0 Å². The molecule has 0 fully saturated rings. The number of amides is 1. The Morgan fingerprint density at radius 2 is 2.15 bits per heavy atom. The van der Waals surface area contributed by atoms with Crippen molar-refractivity contribution in [3.05, 3.63) is 57.8 Å². The Hall–Kier alpha value is -2.30. The highest BCUT2D eigenvalue weighted by molar-refractivity contribution is 5.92. The molecule has 0 saturated carbocycles. The van der Waals surface area contributed by atoms with Crippen molar-refractivity contribution in [3.8, 4) is 0 Å². The van der Waals surface area contributed by atoms with Crippen LogP contribution in [-0.2, 0) is 6.54 Å². The molecule has 0 unspecified atom stereocenters. The van der Waals surface area contributed by atoms with Gasteiger partial charge in [0.1, 0.15) is 5.69 Å². The highest BCUT2D eigenvalue weighted by Gasteiger charge is 2.28. The number of rotatable bonds is 1. The van der Waals surface area contributed by atoms with Crippen LogP contribution in [0.25, 0.3) is 0 Å². The number of aryl methyl sites for hydroxylation is 1. The van der Waals surface area contributed by atoms with E-state index in [1.165, 1.54) is 12.1 Å². The molecule has 0 saturated heterocycles. The van der Waals surface area contributed by atoms with Gasteiger partial charge in [-0.3, -0.25) is 9.59 Å². The number of hydrogen-bond donors (Lipinski definition) is 1. The summed E-state index contributed by atoms with van der Waals surface area (Å²) < 4.78 is 2.16. The van der Waals surface area contributed by atoms with E-state index in [4.69, 9.17) is 0 Å². The van der Waals surface area contributed by atoms with Crippen LogP contribution in [0.4, 0.5) is 0 Å². The molecule has 1 aliphatic rings. The Bertz CT molecular complexity index is 714. The van der Waals surface area contributed by atoms with Crippen LogP contribution in [-0.4, -0.2) is 26.9 Å². The lowest BCUT2D eigenvalue weighted by Crippen LogP contribution is -2.41. The van der Waals surface area contributed by atoms with Crippen molar-refractivity contribution in [2.24, 2.45) is 0 Å². The fourth-order valence-corrected chi connectivity index (χ4v) is 2.81. The van der Waals surface area contributed by atoms with E-state index in [1.807, 2.05) is 25.3 Å². The summed E-state index contributed by atoms with van der Waals surface area (Å²) in [7, 11) is 0. The van der Waals surface area contributed by atoms with Crippen LogP contribution in [0.15, 0.2) is 35.3 Å². The third kappa shape index (κ3) is 2.05. The van der Waals surface area contributed by atoms with Gasteiger partial charge in [0.25, 0.3) is 5.91 Å². The lowest BCUT2D eigenvalue weighted by molar-refractivity contribution is 0.0637. The van der Waals surface area contributed by atoms with Crippen LogP contribution in [0.1, 0.15) is 34.8 Å². The van der Waals surface area contributed by atoms with Crippen molar-refractivity contribution in [2.75, 3.05) is 6.54 Å². The van der Waals surface area contributed by atoms with E-state index in [2.05, 4.69) is 9.55 Å². The zero-order valence-corrected chi connectivity index (χ0v) is 11.6. The monoisotopic (exact) mass is 271 g/mol. The average Bonchev–Trinajstić information content (AvgIpc) is 2.86.